The lowest BCUT2D eigenvalue weighted by molar-refractivity contribution is 0.415. The molecule has 1 rings (SSSR count). The Morgan fingerprint density at radius 3 is 1.75 bits per heavy atom. The van der Waals surface area contributed by atoms with Crippen molar-refractivity contribution < 1.29 is 9.30 Å². The number of halogens is 2. The SMILES string of the molecule is COc1ccccc1.Cl.Cl.O=P. The molecule has 0 radical (unpaired) electrons. The van der Waals surface area contributed by atoms with Crippen molar-refractivity contribution in [1.82, 2.24) is 0 Å². The van der Waals surface area contributed by atoms with Crippen LogP contribution in [0.25, 0.3) is 0 Å². The van der Waals surface area contributed by atoms with Crippen molar-refractivity contribution in [2.45, 2.75) is 0 Å². The zero-order chi connectivity index (χ0) is 7.82. The van der Waals surface area contributed by atoms with E-state index in [1.165, 1.54) is 0 Å². The Kier molecular flexibility index (Phi) is 19.6. The normalized spacial score (nSPS) is 6.08. The van der Waals surface area contributed by atoms with Crippen LogP contribution in [0.5, 0.6) is 5.75 Å². The number of rotatable bonds is 1. The summed E-state index contributed by atoms with van der Waals surface area (Å²) in [7, 11) is 3.38. The van der Waals surface area contributed by atoms with Crippen LogP contribution in [0.1, 0.15) is 0 Å². The smallest absolute Gasteiger partial charge is 0.138 e. The van der Waals surface area contributed by atoms with Crippen LogP contribution in [-0.4, -0.2) is 7.11 Å². The fraction of sp³-hybridized carbons (Fsp3) is 0.143. The highest BCUT2D eigenvalue weighted by Gasteiger charge is 1.80. The molecule has 0 bridgehead atoms. The summed E-state index contributed by atoms with van der Waals surface area (Å²) in [5.74, 6) is 0.910. The molecule has 0 aromatic heterocycles. The zero-order valence-corrected chi connectivity index (χ0v) is 9.15. The van der Waals surface area contributed by atoms with E-state index in [4.69, 9.17) is 9.30 Å². The number of methoxy groups -OCH3 is 1. The predicted octanol–water partition coefficient (Wildman–Crippen LogP) is 3.01. The van der Waals surface area contributed by atoms with Gasteiger partial charge in [-0.05, 0) is 12.1 Å². The first kappa shape index (κ1) is 17.7. The van der Waals surface area contributed by atoms with Gasteiger partial charge in [-0.1, -0.05) is 18.2 Å². The lowest BCUT2D eigenvalue weighted by atomic mass is 10.3. The topological polar surface area (TPSA) is 26.3 Å². The summed E-state index contributed by atoms with van der Waals surface area (Å²) in [5.41, 5.74) is 0. The van der Waals surface area contributed by atoms with Crippen molar-refractivity contribution in [2.24, 2.45) is 0 Å². The third-order valence-corrected chi connectivity index (χ3v) is 0.979. The molecule has 2 nitrogen and oxygen atoms in total. The molecular weight excluding hydrogens is 218 g/mol. The van der Waals surface area contributed by atoms with E-state index in [2.05, 4.69) is 0 Å². The van der Waals surface area contributed by atoms with E-state index in [0.717, 1.165) is 5.75 Å². The number of para-hydroxylation sites is 1. The standard InChI is InChI=1S/C7H8O.2ClH.HOP/c1-8-7-5-3-2-4-6-7;;;1-2/h2-6H,1H3;2*1H;2H. The van der Waals surface area contributed by atoms with Gasteiger partial charge in [-0.25, -0.2) is 0 Å². The van der Waals surface area contributed by atoms with Crippen LogP contribution in [0.2, 0.25) is 0 Å². The average Bonchev–Trinajstić information content (AvgIpc) is 2.10. The molecule has 5 heteroatoms. The van der Waals surface area contributed by atoms with Crippen LogP contribution in [0, 0.1) is 0 Å². The summed E-state index contributed by atoms with van der Waals surface area (Å²) < 4.78 is 13.0. The summed E-state index contributed by atoms with van der Waals surface area (Å²) >= 11 is 0. The second-order valence-corrected chi connectivity index (χ2v) is 1.52. The van der Waals surface area contributed by atoms with E-state index in [0.29, 0.717) is 0 Å². The van der Waals surface area contributed by atoms with Crippen molar-refractivity contribution in [1.29, 1.82) is 0 Å². The third-order valence-electron chi connectivity index (χ3n) is 0.979. The van der Waals surface area contributed by atoms with Gasteiger partial charge in [0.25, 0.3) is 0 Å². The first-order valence-corrected chi connectivity index (χ1v) is 3.14. The Balaban J connectivity index is -0.000000189. The molecule has 0 unspecified atom stereocenters. The first-order chi connectivity index (χ1) is 4.93. The molecule has 0 aliphatic heterocycles. The molecule has 0 heterocycles. The molecule has 0 N–H and O–H groups in total. The zero-order valence-electron chi connectivity index (χ0n) is 6.52. The van der Waals surface area contributed by atoms with Crippen LogP contribution in [0.4, 0.5) is 0 Å². The fourth-order valence-corrected chi connectivity index (χ4v) is 0.557. The van der Waals surface area contributed by atoms with Gasteiger partial charge in [0.05, 0.1) is 7.11 Å². The molecule has 0 saturated heterocycles. The van der Waals surface area contributed by atoms with Gasteiger partial charge in [0.2, 0.25) is 0 Å². The molecule has 70 valence electrons. The van der Waals surface area contributed by atoms with Crippen LogP contribution >= 0.6 is 33.9 Å². The van der Waals surface area contributed by atoms with E-state index < -0.39 is 0 Å². The molecular formula is C7H11Cl2O2P. The minimum atomic E-state index is 0. The largest absolute Gasteiger partial charge is 0.497 e. The van der Waals surface area contributed by atoms with Crippen LogP contribution in [-0.2, 0) is 4.57 Å². The molecule has 12 heavy (non-hydrogen) atoms. The molecule has 1 aromatic carbocycles. The monoisotopic (exact) mass is 228 g/mol. The Morgan fingerprint density at radius 1 is 1.08 bits per heavy atom. The quantitative estimate of drug-likeness (QED) is 0.692. The van der Waals surface area contributed by atoms with Crippen molar-refractivity contribution in [3.05, 3.63) is 30.3 Å². The Hall–Kier alpha value is -0.300. The molecule has 0 atom stereocenters. The Labute approximate surface area is 86.8 Å². The highest BCUT2D eigenvalue weighted by molar-refractivity contribution is 7.00. The van der Waals surface area contributed by atoms with Crippen molar-refractivity contribution in [3.63, 3.8) is 0 Å². The molecule has 0 saturated carbocycles. The van der Waals surface area contributed by atoms with Gasteiger partial charge < -0.3 is 4.74 Å². The van der Waals surface area contributed by atoms with Crippen LogP contribution in [0.15, 0.2) is 30.3 Å². The summed E-state index contributed by atoms with van der Waals surface area (Å²) in [6, 6.07) is 9.68. The summed E-state index contributed by atoms with van der Waals surface area (Å²) in [5, 5.41) is 0. The second kappa shape index (κ2) is 13.3. The summed E-state index contributed by atoms with van der Waals surface area (Å²) in [4.78, 5) is 0. The predicted molar refractivity (Wildman–Crippen MR) is 56.5 cm³/mol. The van der Waals surface area contributed by atoms with E-state index >= 15 is 0 Å². The lowest BCUT2D eigenvalue weighted by Crippen LogP contribution is -1.78. The van der Waals surface area contributed by atoms with E-state index in [9.17, 15) is 0 Å². The van der Waals surface area contributed by atoms with Gasteiger partial charge in [-0.15, -0.1) is 24.8 Å². The summed E-state index contributed by atoms with van der Waals surface area (Å²) in [6.45, 7) is 0. The number of hydrogen-bond acceptors (Lipinski definition) is 2. The van der Waals surface area contributed by atoms with Crippen molar-refractivity contribution in [3.8, 4) is 5.75 Å². The average molecular weight is 229 g/mol. The molecule has 0 fully saturated rings. The third kappa shape index (κ3) is 7.80. The van der Waals surface area contributed by atoms with Crippen molar-refractivity contribution in [2.75, 3.05) is 7.11 Å². The van der Waals surface area contributed by atoms with Crippen LogP contribution < -0.4 is 4.74 Å². The Morgan fingerprint density at radius 2 is 1.50 bits per heavy atom. The van der Waals surface area contributed by atoms with E-state index in [-0.39, 0.29) is 24.8 Å². The molecule has 1 aromatic rings. The molecule has 0 spiro atoms. The second-order valence-electron chi connectivity index (χ2n) is 1.52. The maximum Gasteiger partial charge on any atom is 0.138 e. The van der Waals surface area contributed by atoms with Gasteiger partial charge in [0.15, 0.2) is 0 Å². The van der Waals surface area contributed by atoms with Gasteiger partial charge in [-0.2, -0.15) is 0 Å². The highest BCUT2D eigenvalue weighted by atomic mass is 35.5. The van der Waals surface area contributed by atoms with Crippen LogP contribution in [0.3, 0.4) is 0 Å². The maximum atomic E-state index is 8.06. The van der Waals surface area contributed by atoms with Crippen molar-refractivity contribution >= 4 is 33.9 Å². The maximum absolute atomic E-state index is 8.06. The lowest BCUT2D eigenvalue weighted by Gasteiger charge is -1.93. The fourth-order valence-electron chi connectivity index (χ4n) is 0.557. The minimum Gasteiger partial charge on any atom is -0.497 e. The van der Waals surface area contributed by atoms with Gasteiger partial charge >= 0.3 is 0 Å². The number of hydrogen-bond donors (Lipinski definition) is 0. The molecule has 0 amide bonds. The molecule has 0 aliphatic carbocycles. The van der Waals surface area contributed by atoms with Gasteiger partial charge in [-0.3, -0.25) is 4.57 Å². The highest BCUT2D eigenvalue weighted by Crippen LogP contribution is 2.05. The van der Waals surface area contributed by atoms with Gasteiger partial charge in [0.1, 0.15) is 14.9 Å². The Bertz CT molecular complexity index is 172. The molecule has 0 aliphatic rings. The first-order valence-electron chi connectivity index (χ1n) is 2.73. The number of benzene rings is 1. The van der Waals surface area contributed by atoms with E-state index in [1.54, 1.807) is 16.2 Å². The van der Waals surface area contributed by atoms with Gasteiger partial charge in [0, 0.05) is 0 Å². The minimum absolute atomic E-state index is 0. The number of ether oxygens (including phenoxy) is 1. The van der Waals surface area contributed by atoms with E-state index in [1.807, 2.05) is 30.3 Å². The summed E-state index contributed by atoms with van der Waals surface area (Å²) in [6.07, 6.45) is 0.